The van der Waals surface area contributed by atoms with Crippen molar-refractivity contribution < 1.29 is 32.9 Å². The average Bonchev–Trinajstić information content (AvgIpc) is 3.24. The molecule has 9 heteroatoms. The van der Waals surface area contributed by atoms with Crippen molar-refractivity contribution in [3.8, 4) is 0 Å². The molecule has 0 heterocycles. The van der Waals surface area contributed by atoms with E-state index in [9.17, 15) is 19.4 Å². The highest BCUT2D eigenvalue weighted by Crippen LogP contribution is 2.43. The van der Waals surface area contributed by atoms with E-state index in [1.165, 1.54) is 180 Å². The fraction of sp³-hybridized carbons (Fsp3) is 0.870. The monoisotopic (exact) mass is 910 g/mol. The van der Waals surface area contributed by atoms with E-state index >= 15 is 0 Å². The molecule has 0 spiro atoms. The maximum atomic E-state index is 12.9. The highest BCUT2D eigenvalue weighted by atomic mass is 31.2. The van der Waals surface area contributed by atoms with Crippen molar-refractivity contribution >= 4 is 13.7 Å². The third-order valence-corrected chi connectivity index (χ3v) is 13.1. The van der Waals surface area contributed by atoms with Crippen LogP contribution in [0.2, 0.25) is 0 Å². The summed E-state index contributed by atoms with van der Waals surface area (Å²) in [6.07, 6.45) is 58.3. The minimum Gasteiger partial charge on any atom is -0.387 e. The molecule has 0 aromatic rings. The second-order valence-electron chi connectivity index (χ2n) is 19.6. The van der Waals surface area contributed by atoms with E-state index in [2.05, 4.69) is 43.5 Å². The molecule has 0 aromatic heterocycles. The number of aliphatic hydroxyl groups excluding tert-OH is 1. The molecule has 3 unspecified atom stereocenters. The van der Waals surface area contributed by atoms with Gasteiger partial charge in [-0.25, -0.2) is 4.57 Å². The average molecular weight is 910 g/mol. The molecule has 0 aromatic carbocycles. The van der Waals surface area contributed by atoms with Crippen molar-refractivity contribution in [1.82, 2.24) is 5.32 Å². The first kappa shape index (κ1) is 61.7. The van der Waals surface area contributed by atoms with E-state index in [0.717, 1.165) is 51.4 Å². The molecule has 0 fully saturated rings. The van der Waals surface area contributed by atoms with Gasteiger partial charge in [0.15, 0.2) is 0 Å². The SMILES string of the molecule is CCCCC/C=C\CCCCCCCC(=O)NC(COP(=O)(O)OCC[N+](C)(C)C)C(O)/C=C/CC/C=C/CCCCCCCCCCCCCCCCCCCCCCCCC. The van der Waals surface area contributed by atoms with Gasteiger partial charge in [0.2, 0.25) is 5.91 Å². The van der Waals surface area contributed by atoms with Gasteiger partial charge in [0.1, 0.15) is 13.2 Å². The lowest BCUT2D eigenvalue weighted by molar-refractivity contribution is -0.870. The summed E-state index contributed by atoms with van der Waals surface area (Å²) in [7, 11) is 1.55. The second kappa shape index (κ2) is 45.9. The Morgan fingerprint density at radius 3 is 1.30 bits per heavy atom. The molecule has 63 heavy (non-hydrogen) atoms. The lowest BCUT2D eigenvalue weighted by atomic mass is 10.0. The molecular formula is C54H106N2O6P+. The number of nitrogens with one attached hydrogen (secondary N) is 1. The number of unbranched alkanes of at least 4 members (excludes halogenated alkanes) is 32. The molecule has 3 N–H and O–H groups in total. The summed E-state index contributed by atoms with van der Waals surface area (Å²) in [6, 6.07) is -0.866. The van der Waals surface area contributed by atoms with Gasteiger partial charge in [-0.1, -0.05) is 224 Å². The summed E-state index contributed by atoms with van der Waals surface area (Å²) >= 11 is 0. The van der Waals surface area contributed by atoms with E-state index < -0.39 is 20.0 Å². The van der Waals surface area contributed by atoms with Crippen molar-refractivity contribution in [2.24, 2.45) is 0 Å². The van der Waals surface area contributed by atoms with Crippen LogP contribution in [0.25, 0.3) is 0 Å². The number of carbonyl (C=O) groups excluding carboxylic acids is 1. The topological polar surface area (TPSA) is 105 Å². The molecule has 0 saturated heterocycles. The van der Waals surface area contributed by atoms with E-state index in [0.29, 0.717) is 17.4 Å². The third-order valence-electron chi connectivity index (χ3n) is 12.1. The summed E-state index contributed by atoms with van der Waals surface area (Å²) in [6.45, 7) is 4.78. The number of likely N-dealkylation sites (N-methyl/N-ethyl adjacent to an activating group) is 1. The Morgan fingerprint density at radius 2 is 0.873 bits per heavy atom. The Hall–Kier alpha value is -1.28. The molecule has 0 radical (unpaired) electrons. The minimum absolute atomic E-state index is 0.0547. The highest BCUT2D eigenvalue weighted by molar-refractivity contribution is 7.47. The number of hydrogen-bond acceptors (Lipinski definition) is 5. The molecule has 1 amide bonds. The quantitative estimate of drug-likeness (QED) is 0.0243. The third kappa shape index (κ3) is 48.5. The van der Waals surface area contributed by atoms with Crippen molar-refractivity contribution in [2.75, 3.05) is 40.9 Å². The van der Waals surface area contributed by atoms with E-state index in [4.69, 9.17) is 9.05 Å². The van der Waals surface area contributed by atoms with E-state index in [1.54, 1.807) is 6.08 Å². The fourth-order valence-corrected chi connectivity index (χ4v) is 8.55. The summed E-state index contributed by atoms with van der Waals surface area (Å²) in [5.74, 6) is -0.196. The molecule has 372 valence electrons. The minimum atomic E-state index is -4.35. The fourth-order valence-electron chi connectivity index (χ4n) is 7.82. The second-order valence-corrected chi connectivity index (χ2v) is 21.0. The molecule has 0 aliphatic carbocycles. The Morgan fingerprint density at radius 1 is 0.524 bits per heavy atom. The summed E-state index contributed by atoms with van der Waals surface area (Å²) in [5.41, 5.74) is 0. The summed E-state index contributed by atoms with van der Waals surface area (Å²) in [5, 5.41) is 13.8. The number of quaternary nitrogens is 1. The van der Waals surface area contributed by atoms with Crippen LogP contribution in [-0.4, -0.2) is 73.4 Å². The van der Waals surface area contributed by atoms with Gasteiger partial charge in [-0.15, -0.1) is 0 Å². The zero-order chi connectivity index (χ0) is 46.4. The van der Waals surface area contributed by atoms with Gasteiger partial charge in [0.05, 0.1) is 39.9 Å². The molecule has 0 bridgehead atoms. The first-order valence-corrected chi connectivity index (χ1v) is 28.4. The van der Waals surface area contributed by atoms with Crippen molar-refractivity contribution in [3.05, 3.63) is 36.5 Å². The van der Waals surface area contributed by atoms with Crippen LogP contribution in [0.3, 0.4) is 0 Å². The lowest BCUT2D eigenvalue weighted by Crippen LogP contribution is -2.45. The molecule has 0 aliphatic heterocycles. The van der Waals surface area contributed by atoms with Gasteiger partial charge in [-0.3, -0.25) is 13.8 Å². The first-order chi connectivity index (χ1) is 30.5. The summed E-state index contributed by atoms with van der Waals surface area (Å²) in [4.78, 5) is 23.1. The summed E-state index contributed by atoms with van der Waals surface area (Å²) < 4.78 is 23.6. The van der Waals surface area contributed by atoms with Gasteiger partial charge in [-0.2, -0.15) is 0 Å². The molecule has 0 rings (SSSR count). The van der Waals surface area contributed by atoms with E-state index in [1.807, 2.05) is 27.2 Å². The number of phosphoric ester groups is 1. The van der Waals surface area contributed by atoms with Crippen LogP contribution in [0, 0.1) is 0 Å². The molecular weight excluding hydrogens is 804 g/mol. The Bertz CT molecular complexity index is 1120. The number of carbonyl (C=O) groups is 1. The van der Waals surface area contributed by atoms with Crippen LogP contribution in [0.15, 0.2) is 36.5 Å². The van der Waals surface area contributed by atoms with Gasteiger partial charge in [0, 0.05) is 6.42 Å². The molecule has 0 aliphatic rings. The predicted molar refractivity (Wildman–Crippen MR) is 272 cm³/mol. The van der Waals surface area contributed by atoms with Gasteiger partial charge in [0.25, 0.3) is 0 Å². The predicted octanol–water partition coefficient (Wildman–Crippen LogP) is 15.8. The number of allylic oxidation sites excluding steroid dienone is 5. The van der Waals surface area contributed by atoms with E-state index in [-0.39, 0.29) is 19.1 Å². The van der Waals surface area contributed by atoms with Crippen LogP contribution in [0.4, 0.5) is 0 Å². The van der Waals surface area contributed by atoms with Crippen LogP contribution < -0.4 is 5.32 Å². The zero-order valence-electron chi connectivity index (χ0n) is 42.3. The Balaban J connectivity index is 4.17. The van der Waals surface area contributed by atoms with Crippen molar-refractivity contribution in [1.29, 1.82) is 0 Å². The number of rotatable bonds is 49. The number of nitrogens with zero attached hydrogens (tertiary/aromatic N) is 1. The Kier molecular flexibility index (Phi) is 44.9. The first-order valence-electron chi connectivity index (χ1n) is 26.9. The van der Waals surface area contributed by atoms with Gasteiger partial charge in [-0.05, 0) is 57.8 Å². The van der Waals surface area contributed by atoms with Crippen LogP contribution in [0.5, 0.6) is 0 Å². The number of amides is 1. The molecule has 3 atom stereocenters. The molecule has 8 nitrogen and oxygen atoms in total. The maximum Gasteiger partial charge on any atom is 0.472 e. The number of hydrogen-bond donors (Lipinski definition) is 3. The van der Waals surface area contributed by atoms with Crippen LogP contribution in [-0.2, 0) is 18.4 Å². The molecule has 0 saturated carbocycles. The largest absolute Gasteiger partial charge is 0.472 e. The Labute approximate surface area is 391 Å². The van der Waals surface area contributed by atoms with Gasteiger partial charge < -0.3 is 19.8 Å². The van der Waals surface area contributed by atoms with Gasteiger partial charge >= 0.3 is 7.82 Å². The number of phosphoric acid groups is 1. The standard InChI is InChI=1S/C54H105N2O6P/c1-6-8-10-12-14-16-18-20-21-22-23-24-25-26-27-28-29-30-31-32-33-34-35-36-37-39-41-43-45-47-53(57)52(51-62-63(59,60)61-50-49-56(3,4)5)55-54(58)48-46-44-42-40-38-19-17-15-13-11-9-7-2/h15,17,37,39,45,47,52-53,57H,6-14,16,18-36,38,40-44,46,48-51H2,1-5H3,(H-,55,58,59,60)/p+1/b17-15-,39-37+,47-45+. The highest BCUT2D eigenvalue weighted by Gasteiger charge is 2.27. The van der Waals surface area contributed by atoms with Crippen LogP contribution in [0.1, 0.15) is 251 Å². The smallest absolute Gasteiger partial charge is 0.387 e. The zero-order valence-corrected chi connectivity index (χ0v) is 43.2. The lowest BCUT2D eigenvalue weighted by Gasteiger charge is -2.25. The maximum absolute atomic E-state index is 12.9. The normalized spacial score (nSPS) is 14.3. The van der Waals surface area contributed by atoms with Crippen LogP contribution >= 0.6 is 7.82 Å². The number of aliphatic hydroxyl groups is 1. The van der Waals surface area contributed by atoms with Crippen molar-refractivity contribution in [3.63, 3.8) is 0 Å². The van der Waals surface area contributed by atoms with Crippen molar-refractivity contribution in [2.45, 2.75) is 264 Å².